The minimum atomic E-state index is -3.70. The molecule has 0 saturated carbocycles. The van der Waals surface area contributed by atoms with Crippen LogP contribution in [-0.4, -0.2) is 42.5 Å². The molecule has 1 heterocycles. The summed E-state index contributed by atoms with van der Waals surface area (Å²) in [6.07, 6.45) is 1.15. The molecule has 0 unspecified atom stereocenters. The third-order valence-electron chi connectivity index (χ3n) is 1.97. The topological polar surface area (TPSA) is 113 Å². The van der Waals surface area contributed by atoms with Crippen molar-refractivity contribution in [3.8, 4) is 0 Å². The van der Waals surface area contributed by atoms with Crippen molar-refractivity contribution in [3.63, 3.8) is 0 Å². The van der Waals surface area contributed by atoms with Crippen LogP contribution in [0, 0.1) is 0 Å². The van der Waals surface area contributed by atoms with Gasteiger partial charge in [0.2, 0.25) is 0 Å². The first-order chi connectivity index (χ1) is 7.92. The third-order valence-corrected chi connectivity index (χ3v) is 3.48. The van der Waals surface area contributed by atoms with E-state index in [1.165, 1.54) is 19.3 Å². The Morgan fingerprint density at radius 2 is 2.35 bits per heavy atom. The molecule has 0 aliphatic heterocycles. The highest BCUT2D eigenvalue weighted by atomic mass is 32.2. The van der Waals surface area contributed by atoms with Crippen molar-refractivity contribution >= 4 is 16.2 Å². The molecule has 17 heavy (non-hydrogen) atoms. The molecule has 0 saturated heterocycles. The predicted octanol–water partition coefficient (Wildman–Crippen LogP) is -0.584. The fraction of sp³-hybridized carbons (Fsp3) is 0.500. The van der Waals surface area contributed by atoms with E-state index in [4.69, 9.17) is 9.63 Å². The number of carboxylic acid groups (broad SMARTS) is 1. The summed E-state index contributed by atoms with van der Waals surface area (Å²) >= 11 is 0. The lowest BCUT2D eigenvalue weighted by Gasteiger charge is -2.15. The van der Waals surface area contributed by atoms with Gasteiger partial charge in [-0.1, -0.05) is 5.16 Å². The lowest BCUT2D eigenvalue weighted by Crippen LogP contribution is -2.38. The van der Waals surface area contributed by atoms with Gasteiger partial charge in [0.1, 0.15) is 0 Å². The highest BCUT2D eigenvalue weighted by molar-refractivity contribution is 7.87. The second-order valence-electron chi connectivity index (χ2n) is 3.27. The van der Waals surface area contributed by atoms with Gasteiger partial charge in [-0.15, -0.1) is 0 Å². The molecule has 0 spiro atoms. The number of hydrogen-bond acceptors (Lipinski definition) is 5. The van der Waals surface area contributed by atoms with Crippen LogP contribution in [0.3, 0.4) is 0 Å². The van der Waals surface area contributed by atoms with E-state index in [-0.39, 0.29) is 19.5 Å². The Kier molecular flexibility index (Phi) is 4.61. The fourth-order valence-corrected chi connectivity index (χ4v) is 1.86. The molecule has 0 aliphatic rings. The Bertz CT molecular complexity index is 456. The molecule has 2 N–H and O–H groups in total. The Hall–Kier alpha value is -1.45. The van der Waals surface area contributed by atoms with Gasteiger partial charge < -0.3 is 9.63 Å². The average Bonchev–Trinajstić information content (AvgIpc) is 2.75. The highest BCUT2D eigenvalue weighted by Crippen LogP contribution is 2.00. The number of nitrogens with one attached hydrogen (secondary N) is 1. The SMILES string of the molecule is CN(CCC(=O)O)S(=O)(=O)NCc1ccno1. The summed E-state index contributed by atoms with van der Waals surface area (Å²) in [5.41, 5.74) is 0. The van der Waals surface area contributed by atoms with Gasteiger partial charge in [0.25, 0.3) is 10.2 Å². The summed E-state index contributed by atoms with van der Waals surface area (Å²) in [6.45, 7) is -0.124. The maximum atomic E-state index is 11.6. The van der Waals surface area contributed by atoms with Gasteiger partial charge in [-0.25, -0.2) is 0 Å². The molecule has 0 aromatic carbocycles. The second kappa shape index (κ2) is 5.75. The zero-order valence-electron chi connectivity index (χ0n) is 9.16. The van der Waals surface area contributed by atoms with E-state index < -0.39 is 16.2 Å². The monoisotopic (exact) mass is 263 g/mol. The Balaban J connectivity index is 2.47. The van der Waals surface area contributed by atoms with E-state index in [0.717, 1.165) is 4.31 Å². The average molecular weight is 263 g/mol. The quantitative estimate of drug-likeness (QED) is 0.680. The maximum absolute atomic E-state index is 11.6. The van der Waals surface area contributed by atoms with Crippen LogP contribution in [-0.2, 0) is 21.5 Å². The van der Waals surface area contributed by atoms with Crippen LogP contribution in [0.2, 0.25) is 0 Å². The molecule has 1 rings (SSSR count). The van der Waals surface area contributed by atoms with Crippen molar-refractivity contribution in [2.45, 2.75) is 13.0 Å². The molecule has 0 amide bonds. The minimum Gasteiger partial charge on any atom is -0.481 e. The molecule has 8 nitrogen and oxygen atoms in total. The van der Waals surface area contributed by atoms with Gasteiger partial charge >= 0.3 is 5.97 Å². The van der Waals surface area contributed by atoms with Crippen molar-refractivity contribution < 1.29 is 22.8 Å². The van der Waals surface area contributed by atoms with E-state index in [0.29, 0.717) is 5.76 Å². The lowest BCUT2D eigenvalue weighted by atomic mass is 10.4. The zero-order valence-corrected chi connectivity index (χ0v) is 9.98. The number of carboxylic acids is 1. The van der Waals surface area contributed by atoms with E-state index in [2.05, 4.69) is 9.88 Å². The number of aliphatic carboxylic acids is 1. The highest BCUT2D eigenvalue weighted by Gasteiger charge is 2.18. The normalized spacial score (nSPS) is 11.9. The largest absolute Gasteiger partial charge is 0.481 e. The molecule has 0 radical (unpaired) electrons. The number of nitrogens with zero attached hydrogens (tertiary/aromatic N) is 2. The van der Waals surface area contributed by atoms with Crippen LogP contribution in [0.15, 0.2) is 16.8 Å². The molecular weight excluding hydrogens is 250 g/mol. The first-order valence-corrected chi connectivity index (χ1v) is 6.18. The first-order valence-electron chi connectivity index (χ1n) is 4.74. The molecule has 0 aliphatic carbocycles. The number of carbonyl (C=O) groups is 1. The molecule has 1 aromatic heterocycles. The van der Waals surface area contributed by atoms with E-state index in [1.807, 2.05) is 0 Å². The maximum Gasteiger partial charge on any atom is 0.304 e. The third kappa shape index (κ3) is 4.51. The summed E-state index contributed by atoms with van der Waals surface area (Å²) < 4.78 is 31.1. The molecule has 0 atom stereocenters. The molecule has 1 aromatic rings. The van der Waals surface area contributed by atoms with Crippen molar-refractivity contribution in [1.29, 1.82) is 0 Å². The van der Waals surface area contributed by atoms with Gasteiger partial charge in [-0.2, -0.15) is 17.4 Å². The predicted molar refractivity (Wildman–Crippen MR) is 57.1 cm³/mol. The van der Waals surface area contributed by atoms with E-state index >= 15 is 0 Å². The number of aromatic nitrogens is 1. The first kappa shape index (κ1) is 13.6. The van der Waals surface area contributed by atoms with Gasteiger partial charge in [-0.3, -0.25) is 4.79 Å². The number of hydrogen-bond donors (Lipinski definition) is 2. The Morgan fingerprint density at radius 3 is 2.88 bits per heavy atom. The standard InChI is InChI=1S/C8H13N3O5S/c1-11(5-3-8(12)13)17(14,15)10-6-7-2-4-9-16-7/h2,4,10H,3,5-6H2,1H3,(H,12,13). The molecule has 0 fully saturated rings. The van der Waals surface area contributed by atoms with Crippen molar-refractivity contribution in [1.82, 2.24) is 14.2 Å². The summed E-state index contributed by atoms with van der Waals surface area (Å²) in [5.74, 6) is -0.678. The molecule has 0 bridgehead atoms. The lowest BCUT2D eigenvalue weighted by molar-refractivity contribution is -0.137. The van der Waals surface area contributed by atoms with Crippen LogP contribution in [0.25, 0.3) is 0 Å². The summed E-state index contributed by atoms with van der Waals surface area (Å²) in [6, 6.07) is 1.53. The summed E-state index contributed by atoms with van der Waals surface area (Å²) in [5, 5.41) is 11.9. The van der Waals surface area contributed by atoms with Gasteiger partial charge in [0, 0.05) is 19.7 Å². The van der Waals surface area contributed by atoms with Gasteiger partial charge in [0.15, 0.2) is 5.76 Å². The van der Waals surface area contributed by atoms with Crippen molar-refractivity contribution in [2.75, 3.05) is 13.6 Å². The summed E-state index contributed by atoms with van der Waals surface area (Å²) in [7, 11) is -2.40. The molecule has 96 valence electrons. The Morgan fingerprint density at radius 1 is 1.65 bits per heavy atom. The Labute approximate surface area is 98.4 Å². The van der Waals surface area contributed by atoms with E-state index in [1.54, 1.807) is 0 Å². The van der Waals surface area contributed by atoms with Crippen LogP contribution < -0.4 is 4.72 Å². The molecular formula is C8H13N3O5S. The van der Waals surface area contributed by atoms with Gasteiger partial charge in [0.05, 0.1) is 19.2 Å². The zero-order chi connectivity index (χ0) is 12.9. The fourth-order valence-electron chi connectivity index (χ4n) is 0.979. The van der Waals surface area contributed by atoms with Gasteiger partial charge in [-0.05, 0) is 0 Å². The number of rotatable bonds is 7. The summed E-state index contributed by atoms with van der Waals surface area (Å²) in [4.78, 5) is 10.3. The van der Waals surface area contributed by atoms with Crippen molar-refractivity contribution in [2.24, 2.45) is 0 Å². The van der Waals surface area contributed by atoms with Crippen LogP contribution in [0.4, 0.5) is 0 Å². The minimum absolute atomic E-state index is 0.0280. The van der Waals surface area contributed by atoms with Crippen molar-refractivity contribution in [3.05, 3.63) is 18.0 Å². The van der Waals surface area contributed by atoms with Crippen LogP contribution >= 0.6 is 0 Å². The smallest absolute Gasteiger partial charge is 0.304 e. The molecule has 9 heteroatoms. The second-order valence-corrected chi connectivity index (χ2v) is 5.13. The van der Waals surface area contributed by atoms with Crippen LogP contribution in [0.1, 0.15) is 12.2 Å². The van der Waals surface area contributed by atoms with Crippen LogP contribution in [0.5, 0.6) is 0 Å². The van der Waals surface area contributed by atoms with E-state index in [9.17, 15) is 13.2 Å².